The Morgan fingerprint density at radius 3 is 2.47 bits per heavy atom. The minimum atomic E-state index is -2.18. The van der Waals surface area contributed by atoms with Gasteiger partial charge in [0.05, 0.1) is 6.10 Å². The number of nitrogens with one attached hydrogen (secondary N) is 1. The van der Waals surface area contributed by atoms with Gasteiger partial charge in [-0.1, -0.05) is 45.9 Å². The van der Waals surface area contributed by atoms with Crippen LogP contribution in [0.15, 0.2) is 47.4 Å². The molecule has 1 aromatic carbocycles. The van der Waals surface area contributed by atoms with Crippen LogP contribution in [0.5, 0.6) is 0 Å². The van der Waals surface area contributed by atoms with Crippen molar-refractivity contribution >= 4 is 31.8 Å². The van der Waals surface area contributed by atoms with E-state index in [2.05, 4.69) is 44.2 Å². The predicted octanol–water partition coefficient (Wildman–Crippen LogP) is 4.27. The number of hydrogen-bond acceptors (Lipinski definition) is 6. The van der Waals surface area contributed by atoms with Crippen LogP contribution in [0.4, 0.5) is 5.82 Å². The van der Waals surface area contributed by atoms with Gasteiger partial charge in [0.2, 0.25) is 0 Å². The molecule has 0 bridgehead atoms. The quantitative estimate of drug-likeness (QED) is 0.606. The van der Waals surface area contributed by atoms with E-state index in [0.29, 0.717) is 5.56 Å². The first-order valence-corrected chi connectivity index (χ1v) is 14.8. The highest BCUT2D eigenvalue weighted by atomic mass is 32.2. The average molecular weight is 476 g/mol. The van der Waals surface area contributed by atoms with Crippen molar-refractivity contribution in [3.63, 3.8) is 0 Å². The maximum atomic E-state index is 12.9. The first-order chi connectivity index (χ1) is 14.9. The van der Waals surface area contributed by atoms with Crippen LogP contribution in [0.1, 0.15) is 49.8 Å². The third-order valence-electron chi connectivity index (χ3n) is 6.33. The molecular formula is C23H33N3O4SSi. The second-order valence-electron chi connectivity index (χ2n) is 9.63. The Hall–Kier alpha value is -1.94. The van der Waals surface area contributed by atoms with Gasteiger partial charge in [-0.25, -0.2) is 4.79 Å². The number of benzene rings is 1. The van der Waals surface area contributed by atoms with Gasteiger partial charge in [0, 0.05) is 17.0 Å². The van der Waals surface area contributed by atoms with Crippen molar-refractivity contribution in [2.45, 2.75) is 75.1 Å². The molecule has 0 unspecified atom stereocenters. The van der Waals surface area contributed by atoms with E-state index in [1.54, 1.807) is 48.3 Å². The number of aliphatic hydroxyl groups is 1. The Labute approximate surface area is 194 Å². The molecule has 32 heavy (non-hydrogen) atoms. The molecular weight excluding hydrogens is 442 g/mol. The van der Waals surface area contributed by atoms with Crippen molar-refractivity contribution in [1.82, 2.24) is 9.55 Å². The summed E-state index contributed by atoms with van der Waals surface area (Å²) in [6, 6.07) is 10.4. The Kier molecular flexibility index (Phi) is 7.33. The molecule has 2 heterocycles. The Bertz CT molecular complexity index is 1010. The van der Waals surface area contributed by atoms with E-state index in [-0.39, 0.29) is 27.4 Å². The molecule has 1 aromatic heterocycles. The summed E-state index contributed by atoms with van der Waals surface area (Å²) < 4.78 is 8.11. The fourth-order valence-corrected chi connectivity index (χ4v) is 6.31. The molecule has 0 spiro atoms. The van der Waals surface area contributed by atoms with E-state index in [9.17, 15) is 14.7 Å². The van der Waals surface area contributed by atoms with Gasteiger partial charge in [0.1, 0.15) is 17.3 Å². The Morgan fingerprint density at radius 2 is 1.91 bits per heavy atom. The maximum absolute atomic E-state index is 12.9. The van der Waals surface area contributed by atoms with Crippen molar-refractivity contribution in [2.75, 3.05) is 5.32 Å². The zero-order valence-corrected chi connectivity index (χ0v) is 21.3. The first-order valence-electron chi connectivity index (χ1n) is 10.9. The van der Waals surface area contributed by atoms with Crippen molar-refractivity contribution in [2.24, 2.45) is 0 Å². The normalized spacial score (nSPS) is 23.8. The molecule has 1 aliphatic heterocycles. The third kappa shape index (κ3) is 5.17. The van der Waals surface area contributed by atoms with Gasteiger partial charge in [-0.05, 0) is 42.8 Å². The van der Waals surface area contributed by atoms with Crippen LogP contribution in [0, 0.1) is 0 Å². The van der Waals surface area contributed by atoms with Gasteiger partial charge in [0.15, 0.2) is 8.32 Å². The van der Waals surface area contributed by atoms with Crippen molar-refractivity contribution < 1.29 is 14.3 Å². The Balaban J connectivity index is 1.86. The zero-order chi connectivity index (χ0) is 23.7. The van der Waals surface area contributed by atoms with Crippen LogP contribution in [0.2, 0.25) is 18.1 Å². The lowest BCUT2D eigenvalue weighted by atomic mass is 10.1. The zero-order valence-electron chi connectivity index (χ0n) is 19.5. The summed E-state index contributed by atoms with van der Waals surface area (Å²) in [5.41, 5.74) is 0.00252. The second kappa shape index (κ2) is 9.50. The molecule has 0 aliphatic carbocycles. The highest BCUT2D eigenvalue weighted by Crippen LogP contribution is 2.47. The molecule has 7 nitrogen and oxygen atoms in total. The van der Waals surface area contributed by atoms with Gasteiger partial charge < -0.3 is 14.8 Å². The van der Waals surface area contributed by atoms with Gasteiger partial charge >= 0.3 is 5.69 Å². The standard InChI is InChI=1S/C23H33N3O4SSi/c1-7-16-18(27)19(30-32(5,6)23(2,3)4)21(31-16)26-14-13-17(25-22(26)29)24-20(28)15-11-9-8-10-12-15/h8-14,16,18-19,21,27H,7H2,1-6H3,(H,24,25,28,29)/t16-,18-,19-,21-/m1/s1. The number of carbonyl (C=O) groups is 1. The van der Waals surface area contributed by atoms with Crippen LogP contribution in [-0.4, -0.2) is 46.3 Å². The summed E-state index contributed by atoms with van der Waals surface area (Å²) in [6.45, 7) is 12.8. The minimum Gasteiger partial charge on any atom is -0.408 e. The predicted molar refractivity (Wildman–Crippen MR) is 132 cm³/mol. The molecule has 4 atom stereocenters. The third-order valence-corrected chi connectivity index (χ3v) is 12.5. The Morgan fingerprint density at radius 1 is 1.25 bits per heavy atom. The van der Waals surface area contributed by atoms with E-state index in [1.165, 1.54) is 4.57 Å². The van der Waals surface area contributed by atoms with E-state index >= 15 is 0 Å². The lowest BCUT2D eigenvalue weighted by Gasteiger charge is -2.40. The number of aliphatic hydroxyl groups excluding tert-OH is 1. The van der Waals surface area contributed by atoms with E-state index in [0.717, 1.165) is 6.42 Å². The maximum Gasteiger partial charge on any atom is 0.350 e. The average Bonchev–Trinajstić information content (AvgIpc) is 3.03. The van der Waals surface area contributed by atoms with E-state index < -0.39 is 26.2 Å². The van der Waals surface area contributed by atoms with Crippen molar-refractivity contribution in [1.29, 1.82) is 0 Å². The molecule has 3 rings (SSSR count). The number of hydrogen-bond donors (Lipinski definition) is 2. The molecule has 1 fully saturated rings. The van der Waals surface area contributed by atoms with Gasteiger partial charge in [-0.2, -0.15) is 4.98 Å². The molecule has 0 radical (unpaired) electrons. The fraction of sp³-hybridized carbons (Fsp3) is 0.522. The highest BCUT2D eigenvalue weighted by Gasteiger charge is 2.49. The van der Waals surface area contributed by atoms with Crippen LogP contribution in [0.25, 0.3) is 0 Å². The summed E-state index contributed by atoms with van der Waals surface area (Å²) in [6.07, 6.45) is 1.22. The van der Waals surface area contributed by atoms with Gasteiger partial charge in [0.25, 0.3) is 5.91 Å². The number of thioether (sulfide) groups is 1. The van der Waals surface area contributed by atoms with Crippen LogP contribution < -0.4 is 11.0 Å². The number of aromatic nitrogens is 2. The molecule has 1 aliphatic rings. The van der Waals surface area contributed by atoms with Crippen molar-refractivity contribution in [3.05, 3.63) is 58.6 Å². The van der Waals surface area contributed by atoms with Crippen molar-refractivity contribution in [3.8, 4) is 0 Å². The lowest BCUT2D eigenvalue weighted by molar-refractivity contribution is 0.0246. The lowest BCUT2D eigenvalue weighted by Crippen LogP contribution is -2.49. The van der Waals surface area contributed by atoms with Crippen LogP contribution >= 0.6 is 11.8 Å². The molecule has 2 N–H and O–H groups in total. The highest BCUT2D eigenvalue weighted by molar-refractivity contribution is 8.00. The largest absolute Gasteiger partial charge is 0.408 e. The summed E-state index contributed by atoms with van der Waals surface area (Å²) in [4.78, 5) is 29.4. The number of carbonyl (C=O) groups excluding carboxylic acids is 1. The summed E-state index contributed by atoms with van der Waals surface area (Å²) in [7, 11) is -2.18. The molecule has 2 aromatic rings. The van der Waals surface area contributed by atoms with E-state index in [1.807, 2.05) is 13.0 Å². The smallest absolute Gasteiger partial charge is 0.350 e. The molecule has 9 heteroatoms. The summed E-state index contributed by atoms with van der Waals surface area (Å²) in [5, 5.41) is 13.2. The molecule has 0 saturated carbocycles. The first kappa shape index (κ1) is 24.7. The fourth-order valence-electron chi connectivity index (χ4n) is 3.38. The summed E-state index contributed by atoms with van der Waals surface area (Å²) >= 11 is 1.54. The summed E-state index contributed by atoms with van der Waals surface area (Å²) in [5.74, 6) is -0.136. The van der Waals surface area contributed by atoms with Gasteiger partial charge in [-0.3, -0.25) is 9.36 Å². The minimum absolute atomic E-state index is 0.0268. The number of amides is 1. The number of anilines is 1. The molecule has 1 amide bonds. The van der Waals surface area contributed by atoms with Crippen LogP contribution in [0.3, 0.4) is 0 Å². The number of rotatable bonds is 6. The molecule has 1 saturated heterocycles. The van der Waals surface area contributed by atoms with Gasteiger partial charge in [-0.15, -0.1) is 11.8 Å². The van der Waals surface area contributed by atoms with E-state index in [4.69, 9.17) is 4.43 Å². The topological polar surface area (TPSA) is 93.5 Å². The molecule has 174 valence electrons. The number of nitrogens with zero attached hydrogens (tertiary/aromatic N) is 2. The monoisotopic (exact) mass is 475 g/mol. The second-order valence-corrected chi connectivity index (χ2v) is 15.7. The SMILES string of the molecule is CC[C@H]1S[C@@H](n2ccc(NC(=O)c3ccccc3)nc2=O)[C@H](O[Si](C)(C)C(C)(C)C)[C@@H]1O. The van der Waals surface area contributed by atoms with Crippen LogP contribution in [-0.2, 0) is 4.43 Å².